The molecular formula is C32H33NO5S. The molecule has 0 radical (unpaired) electrons. The summed E-state index contributed by atoms with van der Waals surface area (Å²) >= 11 is 1.47. The molecule has 5 rings (SSSR count). The van der Waals surface area contributed by atoms with Crippen LogP contribution in [0.4, 0.5) is 0 Å². The Kier molecular flexibility index (Phi) is 8.59. The normalized spacial score (nSPS) is 13.9. The molecule has 0 unspecified atom stereocenters. The van der Waals surface area contributed by atoms with Crippen LogP contribution in [0.5, 0.6) is 17.2 Å². The van der Waals surface area contributed by atoms with Crippen molar-refractivity contribution in [3.8, 4) is 27.7 Å². The number of carbonyl (C=O) groups is 2. The summed E-state index contributed by atoms with van der Waals surface area (Å²) in [4.78, 5) is 29.2. The fourth-order valence-electron chi connectivity index (χ4n) is 4.89. The Morgan fingerprint density at radius 1 is 0.923 bits per heavy atom. The molecule has 0 atom stereocenters. The topological polar surface area (TPSA) is 76.1 Å². The Morgan fingerprint density at radius 3 is 2.36 bits per heavy atom. The van der Waals surface area contributed by atoms with Gasteiger partial charge >= 0.3 is 5.97 Å². The van der Waals surface area contributed by atoms with E-state index < -0.39 is 0 Å². The molecule has 0 saturated carbocycles. The second-order valence-corrected chi connectivity index (χ2v) is 10.9. The molecule has 202 valence electrons. The van der Waals surface area contributed by atoms with Gasteiger partial charge in [-0.2, -0.15) is 0 Å². The monoisotopic (exact) mass is 543 g/mol. The molecular weight excluding hydrogens is 510 g/mol. The predicted molar refractivity (Wildman–Crippen MR) is 155 cm³/mol. The first-order valence-electron chi connectivity index (χ1n) is 13.6. The van der Waals surface area contributed by atoms with Gasteiger partial charge in [-0.3, -0.25) is 14.5 Å². The van der Waals surface area contributed by atoms with Crippen LogP contribution < -0.4 is 9.47 Å². The van der Waals surface area contributed by atoms with E-state index in [2.05, 4.69) is 4.90 Å². The molecule has 1 saturated heterocycles. The SMILES string of the molecule is CCCC(=O)Oc1ccc2c(C(=O)c3ccc(OCCN4CCCCC4)cc3)c(-c3ccc(O)cc3)sc2c1. The van der Waals surface area contributed by atoms with Gasteiger partial charge < -0.3 is 14.6 Å². The Balaban J connectivity index is 1.40. The third kappa shape index (κ3) is 6.49. The number of esters is 1. The van der Waals surface area contributed by atoms with Gasteiger partial charge in [0.2, 0.25) is 0 Å². The molecule has 1 fully saturated rings. The van der Waals surface area contributed by atoms with Crippen molar-refractivity contribution in [2.45, 2.75) is 39.0 Å². The standard InChI is InChI=1S/C32H33NO5S/c1-2-6-29(35)38-26-15-16-27-28(21-26)39-32(23-7-11-24(34)12-8-23)30(27)31(36)22-9-13-25(14-10-22)37-20-19-33-17-4-3-5-18-33/h7-16,21,34H,2-6,17-20H2,1H3. The quantitative estimate of drug-likeness (QED) is 0.131. The molecule has 1 aromatic heterocycles. The van der Waals surface area contributed by atoms with Gasteiger partial charge in [-0.25, -0.2) is 0 Å². The summed E-state index contributed by atoms with van der Waals surface area (Å²) in [7, 11) is 0. The van der Waals surface area contributed by atoms with E-state index in [1.165, 1.54) is 30.6 Å². The molecule has 0 spiro atoms. The number of carbonyl (C=O) groups excluding carboxylic acids is 2. The Labute approximate surface area is 232 Å². The maximum Gasteiger partial charge on any atom is 0.311 e. The minimum absolute atomic E-state index is 0.0973. The van der Waals surface area contributed by atoms with Crippen molar-refractivity contribution in [1.82, 2.24) is 4.90 Å². The average molecular weight is 544 g/mol. The number of hydrogen-bond donors (Lipinski definition) is 1. The van der Waals surface area contributed by atoms with E-state index in [0.29, 0.717) is 36.3 Å². The van der Waals surface area contributed by atoms with E-state index in [9.17, 15) is 14.7 Å². The van der Waals surface area contributed by atoms with Crippen LogP contribution in [0.1, 0.15) is 54.9 Å². The van der Waals surface area contributed by atoms with Crippen molar-refractivity contribution in [3.05, 3.63) is 77.9 Å². The summed E-state index contributed by atoms with van der Waals surface area (Å²) < 4.78 is 12.3. The number of rotatable bonds is 10. The number of aromatic hydroxyl groups is 1. The van der Waals surface area contributed by atoms with E-state index in [4.69, 9.17) is 9.47 Å². The number of hydrogen-bond acceptors (Lipinski definition) is 7. The maximum atomic E-state index is 13.9. The molecule has 1 aliphatic rings. The Morgan fingerprint density at radius 2 is 1.64 bits per heavy atom. The van der Waals surface area contributed by atoms with E-state index >= 15 is 0 Å². The lowest BCUT2D eigenvalue weighted by Crippen LogP contribution is -2.33. The lowest BCUT2D eigenvalue weighted by Gasteiger charge is -2.26. The fraction of sp³-hybridized carbons (Fsp3) is 0.312. The number of ether oxygens (including phenoxy) is 2. The van der Waals surface area contributed by atoms with Gasteiger partial charge in [0.05, 0.1) is 0 Å². The molecule has 0 bridgehead atoms. The zero-order chi connectivity index (χ0) is 27.2. The van der Waals surface area contributed by atoms with Gasteiger partial charge in [-0.15, -0.1) is 11.3 Å². The number of nitrogens with zero attached hydrogens (tertiary/aromatic N) is 1. The molecule has 1 aliphatic heterocycles. The third-order valence-electron chi connectivity index (χ3n) is 6.95. The molecule has 0 aliphatic carbocycles. The van der Waals surface area contributed by atoms with Crippen molar-refractivity contribution in [2.75, 3.05) is 26.2 Å². The molecule has 4 aromatic rings. The summed E-state index contributed by atoms with van der Waals surface area (Å²) in [6.45, 7) is 5.74. The smallest absolute Gasteiger partial charge is 0.311 e. The zero-order valence-corrected chi connectivity index (χ0v) is 23.0. The van der Waals surface area contributed by atoms with Crippen molar-refractivity contribution >= 4 is 33.2 Å². The first-order chi connectivity index (χ1) is 19.0. The summed E-state index contributed by atoms with van der Waals surface area (Å²) in [6, 6.07) is 19.5. The van der Waals surface area contributed by atoms with Crippen LogP contribution in [0.2, 0.25) is 0 Å². The van der Waals surface area contributed by atoms with Gasteiger partial charge in [0.15, 0.2) is 5.78 Å². The molecule has 0 amide bonds. The van der Waals surface area contributed by atoms with Crippen molar-refractivity contribution in [1.29, 1.82) is 0 Å². The number of phenols is 1. The number of fused-ring (bicyclic) bond motifs is 1. The highest BCUT2D eigenvalue weighted by molar-refractivity contribution is 7.22. The van der Waals surface area contributed by atoms with E-state index in [1.807, 2.05) is 43.3 Å². The minimum Gasteiger partial charge on any atom is -0.508 e. The van der Waals surface area contributed by atoms with E-state index in [0.717, 1.165) is 45.9 Å². The molecule has 6 nitrogen and oxygen atoms in total. The van der Waals surface area contributed by atoms with Gasteiger partial charge in [0, 0.05) is 39.1 Å². The first-order valence-corrected chi connectivity index (χ1v) is 14.4. The van der Waals surface area contributed by atoms with Crippen LogP contribution in [0.25, 0.3) is 20.5 Å². The van der Waals surface area contributed by atoms with Gasteiger partial charge in [0.1, 0.15) is 23.9 Å². The lowest BCUT2D eigenvalue weighted by molar-refractivity contribution is -0.134. The molecule has 7 heteroatoms. The van der Waals surface area contributed by atoms with E-state index in [1.54, 1.807) is 30.3 Å². The van der Waals surface area contributed by atoms with Crippen molar-refractivity contribution in [3.63, 3.8) is 0 Å². The number of ketones is 1. The van der Waals surface area contributed by atoms with Crippen LogP contribution >= 0.6 is 11.3 Å². The Bertz CT molecular complexity index is 1440. The molecule has 1 N–H and O–H groups in total. The third-order valence-corrected chi connectivity index (χ3v) is 8.15. The fourth-order valence-corrected chi connectivity index (χ4v) is 6.12. The van der Waals surface area contributed by atoms with E-state index in [-0.39, 0.29) is 17.5 Å². The average Bonchev–Trinajstić information content (AvgIpc) is 3.33. The number of piperidine rings is 1. The van der Waals surface area contributed by atoms with Crippen LogP contribution in [0.15, 0.2) is 66.7 Å². The number of benzene rings is 3. The van der Waals surface area contributed by atoms with Crippen molar-refractivity contribution < 1.29 is 24.2 Å². The summed E-state index contributed by atoms with van der Waals surface area (Å²) in [5.41, 5.74) is 1.99. The largest absolute Gasteiger partial charge is 0.508 e. The van der Waals surface area contributed by atoms with Gasteiger partial charge in [0.25, 0.3) is 0 Å². The molecule has 3 aromatic carbocycles. The van der Waals surface area contributed by atoms with Crippen molar-refractivity contribution in [2.24, 2.45) is 0 Å². The van der Waals surface area contributed by atoms with Crippen LogP contribution in [0.3, 0.4) is 0 Å². The highest BCUT2D eigenvalue weighted by Gasteiger charge is 2.22. The van der Waals surface area contributed by atoms with Gasteiger partial charge in [-0.05, 0) is 105 Å². The number of phenolic OH excluding ortho intramolecular Hbond substituents is 1. The maximum absolute atomic E-state index is 13.9. The highest BCUT2D eigenvalue weighted by atomic mass is 32.1. The molecule has 2 heterocycles. The Hall–Kier alpha value is -3.68. The number of likely N-dealkylation sites (tertiary alicyclic amines) is 1. The number of thiophene rings is 1. The second kappa shape index (κ2) is 12.5. The zero-order valence-electron chi connectivity index (χ0n) is 22.2. The highest BCUT2D eigenvalue weighted by Crippen LogP contribution is 2.41. The predicted octanol–water partition coefficient (Wildman–Crippen LogP) is 7.08. The minimum atomic E-state index is -0.276. The van der Waals surface area contributed by atoms with Crippen LogP contribution in [0, 0.1) is 0 Å². The first kappa shape index (κ1) is 26.9. The summed E-state index contributed by atoms with van der Waals surface area (Å²) in [6.07, 6.45) is 4.89. The lowest BCUT2D eigenvalue weighted by atomic mass is 9.97. The summed E-state index contributed by atoms with van der Waals surface area (Å²) in [5.74, 6) is 0.996. The molecule has 39 heavy (non-hydrogen) atoms. The van der Waals surface area contributed by atoms with Crippen LogP contribution in [-0.4, -0.2) is 48.0 Å². The summed E-state index contributed by atoms with van der Waals surface area (Å²) in [5, 5.41) is 10.6. The van der Waals surface area contributed by atoms with Gasteiger partial charge in [-0.1, -0.05) is 13.3 Å². The van der Waals surface area contributed by atoms with Crippen LogP contribution in [-0.2, 0) is 4.79 Å². The second-order valence-electron chi connectivity index (χ2n) is 9.84.